The summed E-state index contributed by atoms with van der Waals surface area (Å²) in [6.07, 6.45) is 12.7. The maximum atomic E-state index is 7.65. The smallest absolute Gasteiger partial charge is 0.0619 e. The molecule has 214 valence electrons. The lowest BCUT2D eigenvalue weighted by Crippen LogP contribution is -1.97. The Bertz CT molecular complexity index is 2250. The van der Waals surface area contributed by atoms with Gasteiger partial charge in [-0.25, -0.2) is 0 Å². The molecule has 0 bridgehead atoms. The predicted octanol–water partition coefficient (Wildman–Crippen LogP) is 10.8. The van der Waals surface area contributed by atoms with Crippen LogP contribution in [0.4, 0.5) is 0 Å². The largest absolute Gasteiger partial charge is 0.398 e. The van der Waals surface area contributed by atoms with Crippen molar-refractivity contribution in [2.24, 2.45) is 5.73 Å². The zero-order chi connectivity index (χ0) is 30.8. The lowest BCUT2D eigenvalue weighted by Gasteiger charge is -2.12. The van der Waals surface area contributed by atoms with Crippen molar-refractivity contribution in [3.8, 4) is 11.1 Å². The Morgan fingerprint density at radius 2 is 1.45 bits per heavy atom. The number of fused-ring (bicyclic) bond motifs is 6. The molecule has 0 atom stereocenters. The van der Waals surface area contributed by atoms with E-state index in [1.807, 2.05) is 31.2 Å². The van der Waals surface area contributed by atoms with E-state index in [-0.39, 0.29) is 0 Å². The summed E-state index contributed by atoms with van der Waals surface area (Å²) in [6, 6.07) is 32.7. The summed E-state index contributed by atoms with van der Waals surface area (Å²) < 4.78 is 2.33. The number of hydrogen-bond acceptors (Lipinski definition) is 2. The standard InChI is InChI=1S/C41H35N3/c1-5-10-34(26-42)27(4)13-22-39(43)33-18-19-36-32(24-33)17-21-38-37-20-16-31(25-40(37)44(41(36)38)35(6-2)7-3)30-15-14-28-11-8-9-12-29(28)23-30/h5-26,42H,1-2,43H2,3-4H3/b27-13+,34-10+,35-7+,39-22-,42-26?. The molecule has 3 heteroatoms. The molecule has 0 radical (unpaired) electrons. The van der Waals surface area contributed by atoms with E-state index in [2.05, 4.69) is 122 Å². The molecule has 3 nitrogen and oxygen atoms in total. The monoisotopic (exact) mass is 569 g/mol. The number of nitrogens with one attached hydrogen (secondary N) is 1. The average molecular weight is 570 g/mol. The van der Waals surface area contributed by atoms with Gasteiger partial charge in [0.1, 0.15) is 0 Å². The van der Waals surface area contributed by atoms with Crippen LogP contribution in [0.3, 0.4) is 0 Å². The molecule has 0 unspecified atom stereocenters. The van der Waals surface area contributed by atoms with Gasteiger partial charge in [0.05, 0.1) is 11.0 Å². The van der Waals surface area contributed by atoms with Crippen LogP contribution >= 0.6 is 0 Å². The molecule has 0 aliphatic rings. The maximum absolute atomic E-state index is 7.65. The summed E-state index contributed by atoms with van der Waals surface area (Å²) in [5.74, 6) is 0. The van der Waals surface area contributed by atoms with Crippen LogP contribution in [0.1, 0.15) is 19.4 Å². The Morgan fingerprint density at radius 1 is 0.750 bits per heavy atom. The van der Waals surface area contributed by atoms with Crippen molar-refractivity contribution in [1.82, 2.24) is 4.57 Å². The first-order chi connectivity index (χ1) is 21.5. The molecular weight excluding hydrogens is 534 g/mol. The first-order valence-electron chi connectivity index (χ1n) is 14.7. The Morgan fingerprint density at radius 3 is 2.20 bits per heavy atom. The van der Waals surface area contributed by atoms with Crippen molar-refractivity contribution in [2.75, 3.05) is 0 Å². The minimum atomic E-state index is 0.662. The third-order valence-corrected chi connectivity index (χ3v) is 8.34. The molecule has 1 aromatic heterocycles. The van der Waals surface area contributed by atoms with Gasteiger partial charge >= 0.3 is 0 Å². The minimum absolute atomic E-state index is 0.662. The fourth-order valence-electron chi connectivity index (χ4n) is 6.00. The molecule has 0 spiro atoms. The molecule has 6 aromatic rings. The first kappa shape index (κ1) is 28.4. The lowest BCUT2D eigenvalue weighted by molar-refractivity contribution is 1.24. The van der Waals surface area contributed by atoms with Crippen molar-refractivity contribution >= 4 is 61.0 Å². The minimum Gasteiger partial charge on any atom is -0.398 e. The summed E-state index contributed by atoms with van der Waals surface area (Å²) in [4.78, 5) is 0. The normalized spacial score (nSPS) is 13.2. The van der Waals surface area contributed by atoms with Crippen LogP contribution in [-0.2, 0) is 0 Å². The van der Waals surface area contributed by atoms with Gasteiger partial charge in [0.15, 0.2) is 0 Å². The third kappa shape index (κ3) is 4.99. The molecular formula is C41H35N3. The van der Waals surface area contributed by atoms with E-state index >= 15 is 0 Å². The van der Waals surface area contributed by atoms with Crippen LogP contribution in [0.15, 0.2) is 152 Å². The quantitative estimate of drug-likeness (QED) is 0.139. The molecule has 0 amide bonds. The lowest BCUT2D eigenvalue weighted by atomic mass is 9.99. The first-order valence-corrected chi connectivity index (χ1v) is 14.7. The van der Waals surface area contributed by atoms with Gasteiger partial charge in [-0.2, -0.15) is 0 Å². The van der Waals surface area contributed by atoms with Crippen LogP contribution in [0, 0.1) is 5.41 Å². The molecule has 5 aromatic carbocycles. The Labute approximate surface area is 258 Å². The van der Waals surface area contributed by atoms with Crippen LogP contribution in [0.5, 0.6) is 0 Å². The van der Waals surface area contributed by atoms with Crippen LogP contribution < -0.4 is 5.73 Å². The van der Waals surface area contributed by atoms with Gasteiger partial charge in [-0.05, 0) is 88.2 Å². The van der Waals surface area contributed by atoms with E-state index in [0.29, 0.717) is 5.70 Å². The number of nitrogens with two attached hydrogens (primary N) is 1. The van der Waals surface area contributed by atoms with Crippen molar-refractivity contribution in [3.63, 3.8) is 0 Å². The van der Waals surface area contributed by atoms with Gasteiger partial charge in [0.25, 0.3) is 0 Å². The van der Waals surface area contributed by atoms with Crippen molar-refractivity contribution in [1.29, 1.82) is 5.41 Å². The summed E-state index contributed by atoms with van der Waals surface area (Å²) in [5, 5.41) is 14.8. The second-order valence-corrected chi connectivity index (χ2v) is 10.9. The predicted molar refractivity (Wildman–Crippen MR) is 193 cm³/mol. The van der Waals surface area contributed by atoms with Crippen LogP contribution in [-0.4, -0.2) is 10.8 Å². The summed E-state index contributed by atoms with van der Waals surface area (Å²) in [7, 11) is 0. The fourth-order valence-corrected chi connectivity index (χ4v) is 6.00. The number of hydrogen-bond donors (Lipinski definition) is 2. The van der Waals surface area contributed by atoms with Crippen molar-refractivity contribution in [3.05, 3.63) is 157 Å². The topological polar surface area (TPSA) is 54.8 Å². The van der Waals surface area contributed by atoms with E-state index in [4.69, 9.17) is 11.1 Å². The second-order valence-electron chi connectivity index (χ2n) is 10.9. The van der Waals surface area contributed by atoms with E-state index in [1.54, 1.807) is 6.08 Å². The van der Waals surface area contributed by atoms with E-state index < -0.39 is 0 Å². The summed E-state index contributed by atoms with van der Waals surface area (Å²) >= 11 is 0. The van der Waals surface area contributed by atoms with Gasteiger partial charge in [-0.1, -0.05) is 110 Å². The molecule has 0 saturated heterocycles. The van der Waals surface area contributed by atoms with Gasteiger partial charge in [-0.15, -0.1) is 0 Å². The highest BCUT2D eigenvalue weighted by Gasteiger charge is 2.16. The Kier molecular flexibility index (Phi) is 7.70. The molecule has 0 aliphatic heterocycles. The summed E-state index contributed by atoms with van der Waals surface area (Å²) in [5.41, 5.74) is 15.6. The fraction of sp³-hybridized carbons (Fsp3) is 0.0488. The molecule has 0 aliphatic carbocycles. The van der Waals surface area contributed by atoms with Crippen molar-refractivity contribution < 1.29 is 0 Å². The Balaban J connectivity index is 1.53. The highest BCUT2D eigenvalue weighted by atomic mass is 15.0. The highest BCUT2D eigenvalue weighted by Crippen LogP contribution is 2.39. The third-order valence-electron chi connectivity index (χ3n) is 8.34. The molecule has 6 rings (SSSR count). The SMILES string of the molecule is C=C/C=C(C=N)/C(C)=C/C=C(\N)c1ccc2c(ccc3c4ccc(-c5ccc6ccccc6c5)cc4n(/C(C=C)=C/C)c23)c1. The number of aromatic nitrogens is 1. The number of allylic oxidation sites excluding steroid dienone is 9. The molecule has 1 heterocycles. The number of rotatable bonds is 8. The van der Waals surface area contributed by atoms with Gasteiger partial charge in [-0.3, -0.25) is 0 Å². The second kappa shape index (κ2) is 11.9. The molecule has 44 heavy (non-hydrogen) atoms. The van der Waals surface area contributed by atoms with Gasteiger partial charge in [0, 0.05) is 33.8 Å². The van der Waals surface area contributed by atoms with Gasteiger partial charge < -0.3 is 15.7 Å². The van der Waals surface area contributed by atoms with E-state index in [1.165, 1.54) is 38.9 Å². The van der Waals surface area contributed by atoms with Crippen LogP contribution in [0.2, 0.25) is 0 Å². The van der Waals surface area contributed by atoms with E-state index in [0.717, 1.165) is 44.2 Å². The van der Waals surface area contributed by atoms with Crippen LogP contribution in [0.25, 0.3) is 65.9 Å². The Hall–Kier alpha value is -5.67. The summed E-state index contributed by atoms with van der Waals surface area (Å²) in [6.45, 7) is 11.9. The molecule has 0 saturated carbocycles. The average Bonchev–Trinajstić information content (AvgIpc) is 3.40. The van der Waals surface area contributed by atoms with Gasteiger partial charge in [0.2, 0.25) is 0 Å². The van der Waals surface area contributed by atoms with Crippen molar-refractivity contribution in [2.45, 2.75) is 13.8 Å². The molecule has 0 fully saturated rings. The molecule has 3 N–H and O–H groups in total. The maximum Gasteiger partial charge on any atom is 0.0619 e. The number of nitrogens with zero attached hydrogens (tertiary/aromatic N) is 1. The van der Waals surface area contributed by atoms with E-state index in [9.17, 15) is 0 Å². The zero-order valence-corrected chi connectivity index (χ0v) is 25.1. The zero-order valence-electron chi connectivity index (χ0n) is 25.1. The highest BCUT2D eigenvalue weighted by molar-refractivity contribution is 6.20. The number of benzene rings is 5.